The van der Waals surface area contributed by atoms with E-state index in [0.717, 1.165) is 196 Å². The maximum Gasteiger partial charge on any atom is 0.159 e. The van der Waals surface area contributed by atoms with Crippen molar-refractivity contribution in [2.75, 3.05) is 19.6 Å². The van der Waals surface area contributed by atoms with Crippen LogP contribution in [0, 0.1) is 0 Å². The number of para-hydroxylation sites is 9. The van der Waals surface area contributed by atoms with E-state index in [1.54, 1.807) is 0 Å². The van der Waals surface area contributed by atoms with Gasteiger partial charge in [0, 0.05) is 99.5 Å². The molecule has 0 unspecified atom stereocenters. The summed E-state index contributed by atoms with van der Waals surface area (Å²) in [6.07, 6.45) is 0. The molecule has 2 aromatic heterocycles. The number of benzene rings is 24. The van der Waals surface area contributed by atoms with Gasteiger partial charge in [-0.1, -0.05) is 358 Å². The summed E-state index contributed by atoms with van der Waals surface area (Å²) in [5, 5.41) is 20.0. The van der Waals surface area contributed by atoms with Crippen LogP contribution in [0.2, 0.25) is 19.6 Å². The highest BCUT2D eigenvalue weighted by atomic mass is 28.3. The number of hydrogen-bond donors (Lipinski definition) is 0. The first-order valence-corrected chi connectivity index (χ1v) is 52.8. The molecule has 0 radical (unpaired) electrons. The van der Waals surface area contributed by atoms with Crippen LogP contribution in [0.4, 0.5) is 68.2 Å². The van der Waals surface area contributed by atoms with Gasteiger partial charge in [-0.2, -0.15) is 0 Å². The first-order valence-electron chi connectivity index (χ1n) is 49.3. The van der Waals surface area contributed by atoms with Gasteiger partial charge in [-0.25, -0.2) is 0 Å². The van der Waals surface area contributed by atoms with E-state index in [4.69, 9.17) is 18.3 Å². The lowest BCUT2D eigenvalue weighted by atomic mass is 9.87. The third kappa shape index (κ3) is 14.5. The molecule has 2 aliphatic heterocycles. The number of furan rings is 2. The van der Waals surface area contributed by atoms with Gasteiger partial charge in [0.2, 0.25) is 0 Å². The van der Waals surface area contributed by atoms with E-state index >= 15 is 0 Å². The van der Waals surface area contributed by atoms with E-state index in [0.29, 0.717) is 0 Å². The van der Waals surface area contributed by atoms with Crippen LogP contribution in [-0.2, 0) is 0 Å². The second-order valence-corrected chi connectivity index (χ2v) is 43.5. The van der Waals surface area contributed by atoms with E-state index < -0.39 is 8.07 Å². The SMILES string of the molecule is C[Si](C)(C)c1ccc(N(c2ccccc2)c2cc3c4cccc5c4c(cc3c3ccccc23)-c2ccc(-c3ccc(N(c4ccccc4-c4ccccc4)c4cccc6c4oc4ccccc46)cc3)cc2O5)cc1.c1ccc(-c2ccccc2N(c2ccccc2)c2cc3c4cccc5c4c(cc3c3ccccc23)-c2ccc(-c3ccc(N(c4ccccc4)c4cccc6c4oc4ccccc46)cc3)cc2O5)cc1. The van der Waals surface area contributed by atoms with Gasteiger partial charge in [0.1, 0.15) is 34.2 Å². The first kappa shape index (κ1) is 84.7. The van der Waals surface area contributed by atoms with Gasteiger partial charge in [-0.05, 0) is 257 Å². The molecule has 144 heavy (non-hydrogen) atoms. The molecule has 9 heteroatoms. The van der Waals surface area contributed by atoms with Gasteiger partial charge in [0.05, 0.1) is 42.2 Å². The molecule has 2 aliphatic rings. The maximum atomic E-state index is 6.98. The number of ether oxygens (including phenoxy) is 2. The molecular weight excluding hydrogens is 1770 g/mol. The van der Waals surface area contributed by atoms with Crippen molar-refractivity contribution in [3.63, 3.8) is 0 Å². The highest BCUT2D eigenvalue weighted by Crippen LogP contribution is 2.58. The number of anilines is 12. The summed E-state index contributed by atoms with van der Waals surface area (Å²) in [4.78, 5) is 9.47. The van der Waals surface area contributed by atoms with Gasteiger partial charge in [0.25, 0.3) is 0 Å². The number of nitrogens with zero attached hydrogens (tertiary/aromatic N) is 4. The van der Waals surface area contributed by atoms with Crippen molar-refractivity contribution in [1.82, 2.24) is 0 Å². The largest absolute Gasteiger partial charge is 0.456 e. The Bertz CT molecular complexity index is 9560. The van der Waals surface area contributed by atoms with E-state index in [-0.39, 0.29) is 0 Å². The predicted octanol–water partition coefficient (Wildman–Crippen LogP) is 38.7. The fraction of sp³-hybridized carbons (Fsp3) is 0.0222. The molecule has 26 aromatic rings. The third-order valence-electron chi connectivity index (χ3n) is 29.0. The van der Waals surface area contributed by atoms with Gasteiger partial charge < -0.3 is 37.9 Å². The minimum Gasteiger partial charge on any atom is -0.456 e. The summed E-state index contributed by atoms with van der Waals surface area (Å²) in [7, 11) is -1.50. The quantitative estimate of drug-likeness (QED) is 0.0660. The van der Waals surface area contributed by atoms with Crippen molar-refractivity contribution in [1.29, 1.82) is 0 Å². The van der Waals surface area contributed by atoms with Crippen LogP contribution >= 0.6 is 0 Å². The number of rotatable bonds is 17. The zero-order valence-corrected chi connectivity index (χ0v) is 80.3. The molecule has 0 atom stereocenters. The summed E-state index contributed by atoms with van der Waals surface area (Å²) >= 11 is 0. The first-order chi connectivity index (χ1) is 71.1. The van der Waals surface area contributed by atoms with Gasteiger partial charge >= 0.3 is 0 Å². The maximum absolute atomic E-state index is 6.98. The van der Waals surface area contributed by atoms with Crippen LogP contribution in [0.1, 0.15) is 0 Å². The lowest BCUT2D eigenvalue weighted by molar-refractivity contribution is 0.487. The molecule has 8 nitrogen and oxygen atoms in total. The van der Waals surface area contributed by atoms with Crippen LogP contribution in [0.3, 0.4) is 0 Å². The summed E-state index contributed by atoms with van der Waals surface area (Å²) in [5.74, 6) is 3.41. The molecule has 0 N–H and O–H groups in total. The average molecular weight is 1860 g/mol. The van der Waals surface area contributed by atoms with Crippen LogP contribution < -0.4 is 34.3 Å². The number of fused-ring (bicyclic) bond motifs is 18. The Morgan fingerprint density at radius 3 is 0.917 bits per heavy atom. The lowest BCUT2D eigenvalue weighted by Gasteiger charge is -2.30. The zero-order chi connectivity index (χ0) is 95.6. The van der Waals surface area contributed by atoms with Crippen LogP contribution in [-0.4, -0.2) is 8.07 Å². The molecule has 0 saturated heterocycles. The molecule has 24 aromatic carbocycles. The number of hydrogen-bond acceptors (Lipinski definition) is 8. The van der Waals surface area contributed by atoms with Crippen molar-refractivity contribution in [3.8, 4) is 89.8 Å². The van der Waals surface area contributed by atoms with Crippen LogP contribution in [0.15, 0.2) is 512 Å². The molecular formula is C135H92N4O4Si. The Kier molecular flexibility index (Phi) is 20.5. The highest BCUT2D eigenvalue weighted by molar-refractivity contribution is 6.88. The molecule has 4 heterocycles. The minimum absolute atomic E-state index is 0.845. The normalized spacial score (nSPS) is 12.0. The fourth-order valence-corrected chi connectivity index (χ4v) is 23.4. The summed E-state index contributed by atoms with van der Waals surface area (Å²) < 4.78 is 27.2. The Balaban J connectivity index is 0.000000144. The van der Waals surface area contributed by atoms with Gasteiger partial charge in [-0.3, -0.25) is 0 Å². The smallest absolute Gasteiger partial charge is 0.159 e. The van der Waals surface area contributed by atoms with Crippen LogP contribution in [0.25, 0.3) is 175 Å². The molecule has 0 saturated carbocycles. The van der Waals surface area contributed by atoms with E-state index in [1.165, 1.54) is 75.9 Å². The topological polar surface area (TPSA) is 57.7 Å². The van der Waals surface area contributed by atoms with E-state index in [1.807, 2.05) is 24.3 Å². The van der Waals surface area contributed by atoms with Crippen molar-refractivity contribution < 1.29 is 18.3 Å². The lowest BCUT2D eigenvalue weighted by Crippen LogP contribution is -2.37. The zero-order valence-electron chi connectivity index (χ0n) is 79.3. The van der Waals surface area contributed by atoms with Crippen LogP contribution in [0.5, 0.6) is 23.0 Å². The third-order valence-corrected chi connectivity index (χ3v) is 31.1. The molecule has 28 rings (SSSR count). The Morgan fingerprint density at radius 1 is 0.167 bits per heavy atom. The average Bonchev–Trinajstić information content (AvgIpc) is 0.992. The van der Waals surface area contributed by atoms with Gasteiger partial charge in [0.15, 0.2) is 11.2 Å². The Labute approximate surface area is 834 Å². The van der Waals surface area contributed by atoms with Crippen molar-refractivity contribution in [2.24, 2.45) is 0 Å². The molecule has 0 spiro atoms. The molecule has 0 bridgehead atoms. The Morgan fingerprint density at radius 2 is 0.472 bits per heavy atom. The fourth-order valence-electron chi connectivity index (χ4n) is 22.2. The molecule has 680 valence electrons. The minimum atomic E-state index is -1.50. The molecule has 0 amide bonds. The predicted molar refractivity (Wildman–Crippen MR) is 607 cm³/mol. The summed E-state index contributed by atoms with van der Waals surface area (Å²) in [6, 6.07) is 181. The summed E-state index contributed by atoms with van der Waals surface area (Å²) in [5.41, 5.74) is 29.8. The highest BCUT2D eigenvalue weighted by Gasteiger charge is 2.32. The van der Waals surface area contributed by atoms with Crippen molar-refractivity contribution in [3.05, 3.63) is 504 Å². The van der Waals surface area contributed by atoms with Crippen molar-refractivity contribution >= 4 is 190 Å². The van der Waals surface area contributed by atoms with Gasteiger partial charge in [-0.15, -0.1) is 0 Å². The van der Waals surface area contributed by atoms with Crippen molar-refractivity contribution in [2.45, 2.75) is 19.6 Å². The second kappa shape index (κ2) is 34.8. The summed E-state index contributed by atoms with van der Waals surface area (Å²) in [6.45, 7) is 7.22. The van der Waals surface area contributed by atoms with E-state index in [9.17, 15) is 0 Å². The standard InChI is InChI=1S/C69H50N2O2Si.C66H42N2O2/c1-74(2,3)51-39-37-49(38-40-51)70(48-20-8-5-9-21-48)64-44-60-57-26-17-31-66-68(57)61(43-59(60)53-23-10-11-24-54(53)64)56-41-34-47(42-67(56)72-66)45-32-35-50(36-33-45)71(62-28-14-12-22-52(62)46-18-6-4-7-19-46)63-29-16-27-58-55-25-13-15-30-65(55)73-69(58)63;1-4-18-44(19-5-1)49-24-12-14-30-59(49)68(47-22-8-3-9-23-47)61-42-57-54-28-17-33-63-65(54)58(41-56(57)50-25-10-11-26-51(50)61)53-39-36-45(40-64(53)69-63)43-34-37-48(38-35-43)67(46-20-6-2-7-21-46)60-31-16-29-55-52-27-13-15-32-62(52)70-66(55)60/h4-44H,1-3H3;1-42H. The molecule has 0 aliphatic carbocycles. The Hall–Kier alpha value is -18.5. The second-order valence-electron chi connectivity index (χ2n) is 38.4. The van der Waals surface area contributed by atoms with E-state index in [2.05, 4.69) is 518 Å². The molecule has 0 fully saturated rings. The monoisotopic (exact) mass is 1860 g/mol.